The lowest BCUT2D eigenvalue weighted by Gasteiger charge is -2.05. The van der Waals surface area contributed by atoms with Crippen LogP contribution in [0, 0.1) is 11.6 Å². The van der Waals surface area contributed by atoms with Gasteiger partial charge in [0.1, 0.15) is 24.7 Å². The predicted octanol–water partition coefficient (Wildman–Crippen LogP) is 2.04. The van der Waals surface area contributed by atoms with Gasteiger partial charge in [0.2, 0.25) is 0 Å². The third-order valence-corrected chi connectivity index (χ3v) is 2.77. The minimum Gasteiger partial charge on any atom is -0.483 e. The van der Waals surface area contributed by atoms with E-state index in [1.54, 1.807) is 0 Å². The van der Waals surface area contributed by atoms with E-state index in [4.69, 9.17) is 9.15 Å². The average Bonchev–Trinajstić information content (AvgIpc) is 3.00. The summed E-state index contributed by atoms with van der Waals surface area (Å²) in [5, 5.41) is 2.30. The van der Waals surface area contributed by atoms with E-state index >= 15 is 0 Å². The predicted molar refractivity (Wildman–Crippen MR) is 73.7 cm³/mol. The topological polar surface area (TPSA) is 77.8 Å². The lowest BCUT2D eigenvalue weighted by Crippen LogP contribution is -2.29. The molecule has 0 radical (unpaired) electrons. The minimum absolute atomic E-state index is 0.0351. The number of hydrogen-bond acceptors (Lipinski definition) is 5. The number of carbonyl (C=O) groups is 2. The Morgan fingerprint density at radius 3 is 2.70 bits per heavy atom. The molecule has 1 heterocycles. The van der Waals surface area contributed by atoms with Crippen LogP contribution >= 0.6 is 0 Å². The van der Waals surface area contributed by atoms with Crippen molar-refractivity contribution in [1.82, 2.24) is 5.32 Å². The minimum atomic E-state index is -0.840. The first-order chi connectivity index (χ1) is 11.0. The Morgan fingerprint density at radius 1 is 1.22 bits per heavy atom. The fourth-order valence-corrected chi connectivity index (χ4v) is 1.63. The van der Waals surface area contributed by atoms with Crippen molar-refractivity contribution in [1.29, 1.82) is 0 Å². The van der Waals surface area contributed by atoms with Crippen molar-refractivity contribution >= 4 is 11.9 Å². The SMILES string of the molecule is COC(=O)CNC(=O)c1ccc(COc2ccc(F)cc2F)o1. The monoisotopic (exact) mass is 325 g/mol. The van der Waals surface area contributed by atoms with Gasteiger partial charge >= 0.3 is 5.97 Å². The van der Waals surface area contributed by atoms with Gasteiger partial charge in [0, 0.05) is 6.07 Å². The molecule has 1 N–H and O–H groups in total. The number of carbonyl (C=O) groups excluding carboxylic acids is 2. The second-order valence-electron chi connectivity index (χ2n) is 4.39. The third kappa shape index (κ3) is 4.53. The number of ether oxygens (including phenoxy) is 2. The van der Waals surface area contributed by atoms with Gasteiger partial charge in [-0.25, -0.2) is 8.78 Å². The highest BCUT2D eigenvalue weighted by Crippen LogP contribution is 2.19. The molecule has 0 saturated carbocycles. The highest BCUT2D eigenvalue weighted by atomic mass is 19.1. The first-order valence-electron chi connectivity index (χ1n) is 6.51. The van der Waals surface area contributed by atoms with E-state index in [1.165, 1.54) is 19.2 Å². The maximum absolute atomic E-state index is 13.4. The molecule has 1 amide bonds. The molecular formula is C15H13F2NO5. The number of hydrogen-bond donors (Lipinski definition) is 1. The number of rotatable bonds is 6. The molecule has 0 aliphatic rings. The van der Waals surface area contributed by atoms with Crippen molar-refractivity contribution in [2.24, 2.45) is 0 Å². The number of nitrogens with one attached hydrogen (secondary N) is 1. The van der Waals surface area contributed by atoms with Gasteiger partial charge in [-0.2, -0.15) is 0 Å². The van der Waals surface area contributed by atoms with Crippen LogP contribution in [0.5, 0.6) is 5.75 Å². The fourth-order valence-electron chi connectivity index (χ4n) is 1.63. The molecule has 0 bridgehead atoms. The van der Waals surface area contributed by atoms with Gasteiger partial charge in [0.15, 0.2) is 17.3 Å². The van der Waals surface area contributed by atoms with Crippen LogP contribution < -0.4 is 10.1 Å². The Balaban J connectivity index is 1.91. The second-order valence-corrected chi connectivity index (χ2v) is 4.39. The van der Waals surface area contributed by atoms with Gasteiger partial charge < -0.3 is 19.2 Å². The maximum atomic E-state index is 13.4. The van der Waals surface area contributed by atoms with Gasteiger partial charge in [0.25, 0.3) is 5.91 Å². The van der Waals surface area contributed by atoms with E-state index in [1.807, 2.05) is 0 Å². The van der Waals surface area contributed by atoms with E-state index in [0.717, 1.165) is 12.1 Å². The Kier molecular flexibility index (Phi) is 5.29. The highest BCUT2D eigenvalue weighted by molar-refractivity contribution is 5.93. The van der Waals surface area contributed by atoms with Crippen molar-refractivity contribution in [3.8, 4) is 5.75 Å². The molecule has 0 spiro atoms. The zero-order chi connectivity index (χ0) is 16.8. The first-order valence-corrected chi connectivity index (χ1v) is 6.51. The Hall–Kier alpha value is -2.90. The molecule has 2 aromatic rings. The Morgan fingerprint density at radius 2 is 2.00 bits per heavy atom. The molecule has 0 unspecified atom stereocenters. The van der Waals surface area contributed by atoms with Gasteiger partial charge in [-0.15, -0.1) is 0 Å². The zero-order valence-electron chi connectivity index (χ0n) is 12.1. The van der Waals surface area contributed by atoms with Crippen LogP contribution in [0.2, 0.25) is 0 Å². The molecule has 122 valence electrons. The molecule has 0 atom stereocenters. The molecule has 0 saturated heterocycles. The number of methoxy groups -OCH3 is 1. The van der Waals surface area contributed by atoms with E-state index < -0.39 is 23.5 Å². The lowest BCUT2D eigenvalue weighted by atomic mass is 10.3. The van der Waals surface area contributed by atoms with Crippen molar-refractivity contribution in [3.63, 3.8) is 0 Å². The summed E-state index contributed by atoms with van der Waals surface area (Å²) >= 11 is 0. The van der Waals surface area contributed by atoms with Crippen LogP contribution in [0.25, 0.3) is 0 Å². The van der Waals surface area contributed by atoms with Crippen LogP contribution in [0.1, 0.15) is 16.3 Å². The molecule has 2 rings (SSSR count). The summed E-state index contributed by atoms with van der Waals surface area (Å²) in [5.74, 6) is -2.66. The van der Waals surface area contributed by atoms with Crippen LogP contribution in [0.3, 0.4) is 0 Å². The zero-order valence-corrected chi connectivity index (χ0v) is 12.1. The smallest absolute Gasteiger partial charge is 0.325 e. The van der Waals surface area contributed by atoms with Crippen LogP contribution in [-0.4, -0.2) is 25.5 Å². The van der Waals surface area contributed by atoms with E-state index in [9.17, 15) is 18.4 Å². The molecule has 0 aliphatic carbocycles. The number of furan rings is 1. The highest BCUT2D eigenvalue weighted by Gasteiger charge is 2.13. The number of benzene rings is 1. The molecule has 1 aromatic heterocycles. The van der Waals surface area contributed by atoms with Crippen LogP contribution in [-0.2, 0) is 16.1 Å². The van der Waals surface area contributed by atoms with Crippen molar-refractivity contribution in [3.05, 3.63) is 53.5 Å². The fraction of sp³-hybridized carbons (Fsp3) is 0.200. The second kappa shape index (κ2) is 7.39. The average molecular weight is 325 g/mol. The van der Waals surface area contributed by atoms with E-state index in [0.29, 0.717) is 6.07 Å². The summed E-state index contributed by atoms with van der Waals surface area (Å²) in [4.78, 5) is 22.6. The standard InChI is InChI=1S/C15H13F2NO5/c1-21-14(19)7-18-15(20)13-5-3-10(23-13)8-22-12-4-2-9(16)6-11(12)17/h2-6H,7-8H2,1H3,(H,18,20). The van der Waals surface area contributed by atoms with Gasteiger partial charge in [0.05, 0.1) is 7.11 Å². The van der Waals surface area contributed by atoms with E-state index in [-0.39, 0.29) is 30.4 Å². The summed E-state index contributed by atoms with van der Waals surface area (Å²) in [7, 11) is 1.20. The summed E-state index contributed by atoms with van der Waals surface area (Å²) in [6.45, 7) is -0.435. The quantitative estimate of drug-likeness (QED) is 0.822. The molecule has 23 heavy (non-hydrogen) atoms. The summed E-state index contributed by atoms with van der Waals surface area (Å²) in [6, 6.07) is 5.76. The van der Waals surface area contributed by atoms with Crippen molar-refractivity contribution in [2.45, 2.75) is 6.61 Å². The van der Waals surface area contributed by atoms with Gasteiger partial charge in [-0.3, -0.25) is 9.59 Å². The van der Waals surface area contributed by atoms with Gasteiger partial charge in [-0.05, 0) is 24.3 Å². The number of halogens is 2. The molecule has 0 aliphatic heterocycles. The third-order valence-electron chi connectivity index (χ3n) is 2.77. The number of esters is 1. The Bertz CT molecular complexity index is 714. The summed E-state index contributed by atoms with van der Waals surface area (Å²) < 4.78 is 40.9. The first kappa shape index (κ1) is 16.5. The molecule has 0 fully saturated rings. The normalized spacial score (nSPS) is 10.2. The summed E-state index contributed by atoms with van der Waals surface area (Å²) in [6.07, 6.45) is 0. The van der Waals surface area contributed by atoms with Crippen LogP contribution in [0.4, 0.5) is 8.78 Å². The molecule has 1 aromatic carbocycles. The molecular weight excluding hydrogens is 312 g/mol. The summed E-state index contributed by atoms with van der Waals surface area (Å²) in [5.41, 5.74) is 0. The Labute approximate surface area is 130 Å². The van der Waals surface area contributed by atoms with Gasteiger partial charge in [-0.1, -0.05) is 0 Å². The molecule has 6 nitrogen and oxygen atoms in total. The lowest BCUT2D eigenvalue weighted by molar-refractivity contribution is -0.139. The van der Waals surface area contributed by atoms with Crippen molar-refractivity contribution in [2.75, 3.05) is 13.7 Å². The largest absolute Gasteiger partial charge is 0.483 e. The van der Waals surface area contributed by atoms with E-state index in [2.05, 4.69) is 10.1 Å². The van der Waals surface area contributed by atoms with Crippen LogP contribution in [0.15, 0.2) is 34.7 Å². The maximum Gasteiger partial charge on any atom is 0.325 e. The van der Waals surface area contributed by atoms with Crippen molar-refractivity contribution < 1.29 is 32.3 Å². The molecule has 8 heteroatoms. The number of amides is 1.